The highest BCUT2D eigenvalue weighted by Crippen LogP contribution is 2.28. The molecular formula is C12H18Cl2N2O. The van der Waals surface area contributed by atoms with Gasteiger partial charge in [-0.25, -0.2) is 9.97 Å². The molecule has 0 N–H and O–H groups in total. The molecule has 0 radical (unpaired) electrons. The minimum absolute atomic E-state index is 0.180. The van der Waals surface area contributed by atoms with E-state index in [0.717, 1.165) is 18.4 Å². The van der Waals surface area contributed by atoms with Crippen LogP contribution in [0.4, 0.5) is 0 Å². The first kappa shape index (κ1) is 14.7. The summed E-state index contributed by atoms with van der Waals surface area (Å²) in [6, 6.07) is 0. The van der Waals surface area contributed by atoms with Crippen LogP contribution in [0.1, 0.15) is 44.7 Å². The van der Waals surface area contributed by atoms with Gasteiger partial charge in [0.15, 0.2) is 5.82 Å². The van der Waals surface area contributed by atoms with Crippen molar-refractivity contribution < 1.29 is 4.74 Å². The predicted octanol–water partition coefficient (Wildman–Crippen LogP) is 4.08. The average molecular weight is 277 g/mol. The molecule has 1 atom stereocenters. The maximum absolute atomic E-state index is 6.13. The first-order valence-electron chi connectivity index (χ1n) is 5.75. The number of methoxy groups -OCH3 is 1. The molecule has 0 bridgehead atoms. The van der Waals surface area contributed by atoms with Gasteiger partial charge in [-0.3, -0.25) is 0 Å². The lowest BCUT2D eigenvalue weighted by Crippen LogP contribution is -2.14. The summed E-state index contributed by atoms with van der Waals surface area (Å²) < 4.78 is 5.37. The number of halogens is 2. The topological polar surface area (TPSA) is 35.0 Å². The van der Waals surface area contributed by atoms with Gasteiger partial charge in [0.1, 0.15) is 16.4 Å². The standard InChI is InChI=1S/C12H18Cl2N2O/c1-5-6-8-10(13)15-12(16-11(8)14)9(17-4)7(2)3/h7,9H,5-6H2,1-4H3. The number of nitrogens with zero attached hydrogens (tertiary/aromatic N) is 2. The third-order valence-electron chi connectivity index (χ3n) is 2.54. The second kappa shape index (κ2) is 6.53. The molecule has 1 aromatic heterocycles. The van der Waals surface area contributed by atoms with Gasteiger partial charge in [0, 0.05) is 12.7 Å². The van der Waals surface area contributed by atoms with E-state index in [1.54, 1.807) is 7.11 Å². The first-order chi connectivity index (χ1) is 8.01. The van der Waals surface area contributed by atoms with E-state index in [2.05, 4.69) is 16.9 Å². The lowest BCUT2D eigenvalue weighted by molar-refractivity contribution is 0.0574. The average Bonchev–Trinajstić information content (AvgIpc) is 2.24. The zero-order chi connectivity index (χ0) is 13.0. The third-order valence-corrected chi connectivity index (χ3v) is 3.16. The molecule has 0 aliphatic rings. The SMILES string of the molecule is CCCc1c(Cl)nc(C(OC)C(C)C)nc1Cl. The number of hydrogen-bond donors (Lipinski definition) is 0. The molecule has 0 aromatic carbocycles. The van der Waals surface area contributed by atoms with Gasteiger partial charge in [-0.05, 0) is 12.3 Å². The molecule has 1 heterocycles. The Hall–Kier alpha value is -0.380. The van der Waals surface area contributed by atoms with E-state index in [1.807, 2.05) is 13.8 Å². The summed E-state index contributed by atoms with van der Waals surface area (Å²) in [4.78, 5) is 8.58. The minimum Gasteiger partial charge on any atom is -0.373 e. The quantitative estimate of drug-likeness (QED) is 0.761. The number of rotatable bonds is 5. The van der Waals surface area contributed by atoms with Crippen LogP contribution in [-0.2, 0) is 11.2 Å². The molecule has 0 aliphatic heterocycles. The minimum atomic E-state index is -0.180. The Balaban J connectivity index is 3.12. The monoisotopic (exact) mass is 276 g/mol. The Morgan fingerprint density at radius 2 is 1.71 bits per heavy atom. The van der Waals surface area contributed by atoms with Gasteiger partial charge >= 0.3 is 0 Å². The van der Waals surface area contributed by atoms with E-state index in [-0.39, 0.29) is 12.0 Å². The lowest BCUT2D eigenvalue weighted by Gasteiger charge is -2.18. The maximum atomic E-state index is 6.13. The fourth-order valence-corrected chi connectivity index (χ4v) is 2.30. The molecule has 96 valence electrons. The lowest BCUT2D eigenvalue weighted by atomic mass is 10.1. The number of hydrogen-bond acceptors (Lipinski definition) is 3. The Morgan fingerprint density at radius 3 is 2.06 bits per heavy atom. The van der Waals surface area contributed by atoms with Crippen molar-refractivity contribution in [2.75, 3.05) is 7.11 Å². The summed E-state index contributed by atoms with van der Waals surface area (Å²) in [5.41, 5.74) is 0.818. The van der Waals surface area contributed by atoms with Crippen molar-refractivity contribution in [1.29, 1.82) is 0 Å². The van der Waals surface area contributed by atoms with Gasteiger partial charge in [-0.1, -0.05) is 50.4 Å². The van der Waals surface area contributed by atoms with E-state index < -0.39 is 0 Å². The smallest absolute Gasteiger partial charge is 0.160 e. The van der Waals surface area contributed by atoms with Gasteiger partial charge in [0.05, 0.1) is 0 Å². The normalized spacial score (nSPS) is 13.1. The molecule has 0 saturated heterocycles. The molecule has 0 saturated carbocycles. The van der Waals surface area contributed by atoms with Crippen LogP contribution >= 0.6 is 23.2 Å². The molecular weight excluding hydrogens is 259 g/mol. The summed E-state index contributed by atoms with van der Waals surface area (Å²) in [6.45, 7) is 6.14. The Bertz CT molecular complexity index is 360. The van der Waals surface area contributed by atoms with E-state index in [9.17, 15) is 0 Å². The second-order valence-corrected chi connectivity index (χ2v) is 5.01. The largest absolute Gasteiger partial charge is 0.373 e. The van der Waals surface area contributed by atoms with Gasteiger partial charge in [0.25, 0.3) is 0 Å². The fraction of sp³-hybridized carbons (Fsp3) is 0.667. The summed E-state index contributed by atoms with van der Waals surface area (Å²) in [7, 11) is 1.63. The van der Waals surface area contributed by atoms with Crippen LogP contribution in [0.25, 0.3) is 0 Å². The van der Waals surface area contributed by atoms with E-state index in [0.29, 0.717) is 16.1 Å². The highest BCUT2D eigenvalue weighted by molar-refractivity contribution is 6.34. The van der Waals surface area contributed by atoms with Crippen molar-refractivity contribution in [2.45, 2.75) is 39.7 Å². The van der Waals surface area contributed by atoms with Crippen LogP contribution in [0.3, 0.4) is 0 Å². The van der Waals surface area contributed by atoms with Crippen LogP contribution in [0.2, 0.25) is 10.3 Å². The van der Waals surface area contributed by atoms with Gasteiger partial charge in [0.2, 0.25) is 0 Å². The predicted molar refractivity (Wildman–Crippen MR) is 70.6 cm³/mol. The Labute approximate surface area is 113 Å². The molecule has 0 aliphatic carbocycles. The summed E-state index contributed by atoms with van der Waals surface area (Å²) in [6.07, 6.45) is 1.57. The Kier molecular flexibility index (Phi) is 5.63. The summed E-state index contributed by atoms with van der Waals surface area (Å²) in [5.74, 6) is 0.821. The number of aromatic nitrogens is 2. The van der Waals surface area contributed by atoms with E-state index in [1.165, 1.54) is 0 Å². The fourth-order valence-electron chi connectivity index (χ4n) is 1.71. The highest BCUT2D eigenvalue weighted by Gasteiger charge is 2.21. The van der Waals surface area contributed by atoms with Crippen molar-refractivity contribution in [2.24, 2.45) is 5.92 Å². The maximum Gasteiger partial charge on any atom is 0.160 e. The van der Waals surface area contributed by atoms with Crippen LogP contribution in [0, 0.1) is 5.92 Å². The second-order valence-electron chi connectivity index (χ2n) is 4.29. The summed E-state index contributed by atoms with van der Waals surface area (Å²) >= 11 is 12.3. The summed E-state index contributed by atoms with van der Waals surface area (Å²) in [5, 5.41) is 0.870. The molecule has 0 spiro atoms. The van der Waals surface area contributed by atoms with Gasteiger partial charge < -0.3 is 4.74 Å². The van der Waals surface area contributed by atoms with E-state index >= 15 is 0 Å². The van der Waals surface area contributed by atoms with Crippen LogP contribution in [0.15, 0.2) is 0 Å². The molecule has 17 heavy (non-hydrogen) atoms. The van der Waals surface area contributed by atoms with Crippen molar-refractivity contribution in [3.63, 3.8) is 0 Å². The highest BCUT2D eigenvalue weighted by atomic mass is 35.5. The van der Waals surface area contributed by atoms with Crippen LogP contribution in [-0.4, -0.2) is 17.1 Å². The zero-order valence-electron chi connectivity index (χ0n) is 10.6. The first-order valence-corrected chi connectivity index (χ1v) is 6.51. The van der Waals surface area contributed by atoms with E-state index in [4.69, 9.17) is 27.9 Å². The molecule has 1 rings (SSSR count). The molecule has 5 heteroatoms. The Morgan fingerprint density at radius 1 is 1.18 bits per heavy atom. The van der Waals surface area contributed by atoms with Crippen molar-refractivity contribution in [3.05, 3.63) is 21.7 Å². The van der Waals surface area contributed by atoms with Crippen LogP contribution < -0.4 is 0 Å². The van der Waals surface area contributed by atoms with Crippen molar-refractivity contribution >= 4 is 23.2 Å². The van der Waals surface area contributed by atoms with Gasteiger partial charge in [-0.2, -0.15) is 0 Å². The number of ether oxygens (including phenoxy) is 1. The van der Waals surface area contributed by atoms with Crippen molar-refractivity contribution in [3.8, 4) is 0 Å². The molecule has 1 unspecified atom stereocenters. The van der Waals surface area contributed by atoms with Crippen LogP contribution in [0.5, 0.6) is 0 Å². The van der Waals surface area contributed by atoms with Crippen molar-refractivity contribution in [1.82, 2.24) is 9.97 Å². The molecule has 0 amide bonds. The molecule has 3 nitrogen and oxygen atoms in total. The molecule has 1 aromatic rings. The van der Waals surface area contributed by atoms with Gasteiger partial charge in [-0.15, -0.1) is 0 Å². The zero-order valence-corrected chi connectivity index (χ0v) is 12.1. The molecule has 0 fully saturated rings. The third kappa shape index (κ3) is 3.54.